The van der Waals surface area contributed by atoms with E-state index < -0.39 is 0 Å². The molecular formula is C27H28N2O. The number of carbonyl (C=O) groups is 1. The fourth-order valence-corrected chi connectivity index (χ4v) is 5.23. The van der Waals surface area contributed by atoms with Crippen LogP contribution in [0.15, 0.2) is 78.9 Å². The van der Waals surface area contributed by atoms with Gasteiger partial charge in [0.15, 0.2) is 0 Å². The number of benzene rings is 3. The van der Waals surface area contributed by atoms with Crippen LogP contribution in [0.1, 0.15) is 64.7 Å². The van der Waals surface area contributed by atoms with E-state index in [9.17, 15) is 4.79 Å². The number of hydrogen-bond donors (Lipinski definition) is 2. The standard InChI is InChI=1S/C27H28N2O/c30-27(28-18-19-9-3-1-4-10-19)21-15-16-25-24(17-21)22-13-7-8-14-23(22)26(29-25)20-11-5-2-6-12-20/h1-6,9-12,15-17,22-23,26,29H,7-8,13-14,18H2,(H,28,30). The lowest BCUT2D eigenvalue weighted by Gasteiger charge is -2.44. The first-order valence-electron chi connectivity index (χ1n) is 11.1. The molecule has 152 valence electrons. The van der Waals surface area contributed by atoms with Crippen LogP contribution in [0.4, 0.5) is 5.69 Å². The number of hydrogen-bond acceptors (Lipinski definition) is 2. The van der Waals surface area contributed by atoms with Crippen molar-refractivity contribution < 1.29 is 4.79 Å². The Labute approximate surface area is 178 Å². The van der Waals surface area contributed by atoms with Crippen LogP contribution in [-0.4, -0.2) is 5.91 Å². The van der Waals surface area contributed by atoms with E-state index in [2.05, 4.69) is 53.1 Å². The van der Waals surface area contributed by atoms with Gasteiger partial charge >= 0.3 is 0 Å². The first-order chi connectivity index (χ1) is 14.8. The van der Waals surface area contributed by atoms with Gasteiger partial charge in [-0.2, -0.15) is 0 Å². The van der Waals surface area contributed by atoms with E-state index in [1.807, 2.05) is 36.4 Å². The van der Waals surface area contributed by atoms with Gasteiger partial charge < -0.3 is 10.6 Å². The van der Waals surface area contributed by atoms with Crippen molar-refractivity contribution in [1.82, 2.24) is 5.32 Å². The van der Waals surface area contributed by atoms with Crippen molar-refractivity contribution in [3.63, 3.8) is 0 Å². The molecule has 1 fully saturated rings. The topological polar surface area (TPSA) is 41.1 Å². The summed E-state index contributed by atoms with van der Waals surface area (Å²) in [5.74, 6) is 1.09. The van der Waals surface area contributed by atoms with Crippen molar-refractivity contribution in [2.75, 3.05) is 5.32 Å². The predicted molar refractivity (Wildman–Crippen MR) is 122 cm³/mol. The number of amides is 1. The molecule has 2 N–H and O–H groups in total. The fraction of sp³-hybridized carbons (Fsp3) is 0.296. The summed E-state index contributed by atoms with van der Waals surface area (Å²) in [6.07, 6.45) is 5.00. The average Bonchev–Trinajstić information content (AvgIpc) is 2.83. The van der Waals surface area contributed by atoms with Gasteiger partial charge in [-0.15, -0.1) is 0 Å². The van der Waals surface area contributed by atoms with Crippen molar-refractivity contribution in [3.8, 4) is 0 Å². The Morgan fingerprint density at radius 3 is 2.43 bits per heavy atom. The van der Waals surface area contributed by atoms with Gasteiger partial charge in [-0.1, -0.05) is 73.5 Å². The molecule has 2 aliphatic rings. The lowest BCUT2D eigenvalue weighted by molar-refractivity contribution is 0.0950. The van der Waals surface area contributed by atoms with Crippen molar-refractivity contribution >= 4 is 11.6 Å². The highest BCUT2D eigenvalue weighted by Crippen LogP contribution is 2.51. The Kier molecular flexibility index (Phi) is 5.27. The summed E-state index contributed by atoms with van der Waals surface area (Å²) in [5, 5.41) is 6.87. The van der Waals surface area contributed by atoms with Gasteiger partial charge in [-0.25, -0.2) is 0 Å². The normalized spacial score (nSPS) is 22.3. The number of carbonyl (C=O) groups excluding carboxylic acids is 1. The largest absolute Gasteiger partial charge is 0.378 e. The summed E-state index contributed by atoms with van der Waals surface area (Å²) in [6.45, 7) is 0.553. The van der Waals surface area contributed by atoms with Crippen LogP contribution in [0.3, 0.4) is 0 Å². The second-order valence-corrected chi connectivity index (χ2v) is 8.56. The molecule has 1 heterocycles. The fourth-order valence-electron chi connectivity index (χ4n) is 5.23. The maximum atomic E-state index is 12.8. The lowest BCUT2D eigenvalue weighted by atomic mass is 9.68. The maximum absolute atomic E-state index is 12.8. The van der Waals surface area contributed by atoms with Crippen LogP contribution >= 0.6 is 0 Å². The summed E-state index contributed by atoms with van der Waals surface area (Å²) in [4.78, 5) is 12.8. The highest BCUT2D eigenvalue weighted by Gasteiger charge is 2.38. The van der Waals surface area contributed by atoms with Crippen LogP contribution in [-0.2, 0) is 6.54 Å². The quantitative estimate of drug-likeness (QED) is 0.563. The first kappa shape index (κ1) is 18.9. The molecule has 1 aliphatic heterocycles. The van der Waals surface area contributed by atoms with Gasteiger partial charge in [0, 0.05) is 17.8 Å². The molecule has 1 aliphatic carbocycles. The molecule has 0 bridgehead atoms. The molecule has 5 rings (SSSR count). The molecule has 1 saturated carbocycles. The zero-order valence-electron chi connectivity index (χ0n) is 17.2. The molecule has 3 atom stereocenters. The molecule has 0 radical (unpaired) electrons. The average molecular weight is 397 g/mol. The van der Waals surface area contributed by atoms with Gasteiger partial charge in [0.1, 0.15) is 0 Å². The molecule has 3 aromatic rings. The molecule has 1 amide bonds. The van der Waals surface area contributed by atoms with Crippen LogP contribution in [0, 0.1) is 5.92 Å². The van der Waals surface area contributed by atoms with Crippen LogP contribution < -0.4 is 10.6 Å². The lowest BCUT2D eigenvalue weighted by Crippen LogP contribution is -2.34. The first-order valence-corrected chi connectivity index (χ1v) is 11.1. The van der Waals surface area contributed by atoms with E-state index in [0.717, 1.165) is 11.1 Å². The molecule has 30 heavy (non-hydrogen) atoms. The van der Waals surface area contributed by atoms with Crippen molar-refractivity contribution in [2.24, 2.45) is 5.92 Å². The summed E-state index contributed by atoms with van der Waals surface area (Å²) >= 11 is 0. The third-order valence-corrected chi connectivity index (χ3v) is 6.73. The summed E-state index contributed by atoms with van der Waals surface area (Å²) in [6, 6.07) is 27.4. The minimum atomic E-state index is -0.000745. The van der Waals surface area contributed by atoms with E-state index in [4.69, 9.17) is 0 Å². The molecule has 0 aromatic heterocycles. The SMILES string of the molecule is O=C(NCc1ccccc1)c1ccc2c(c1)C1CCCCC1C(c1ccccc1)N2. The number of nitrogens with one attached hydrogen (secondary N) is 2. The van der Waals surface area contributed by atoms with Crippen molar-refractivity contribution in [2.45, 2.75) is 44.2 Å². The maximum Gasteiger partial charge on any atom is 0.251 e. The van der Waals surface area contributed by atoms with Gasteiger partial charge in [-0.3, -0.25) is 4.79 Å². The number of anilines is 1. The second-order valence-electron chi connectivity index (χ2n) is 8.56. The van der Waals surface area contributed by atoms with Gasteiger partial charge in [0.05, 0.1) is 6.04 Å². The monoisotopic (exact) mass is 396 g/mol. The van der Waals surface area contributed by atoms with Gasteiger partial charge in [-0.05, 0) is 59.6 Å². The third kappa shape index (κ3) is 3.72. The Morgan fingerprint density at radius 2 is 1.63 bits per heavy atom. The number of fused-ring (bicyclic) bond motifs is 3. The molecule has 0 saturated heterocycles. The minimum Gasteiger partial charge on any atom is -0.378 e. The Bertz CT molecular complexity index is 1020. The van der Waals surface area contributed by atoms with Gasteiger partial charge in [0.25, 0.3) is 5.91 Å². The van der Waals surface area contributed by atoms with E-state index in [0.29, 0.717) is 24.4 Å². The van der Waals surface area contributed by atoms with E-state index >= 15 is 0 Å². The summed E-state index contributed by atoms with van der Waals surface area (Å²) in [5.41, 5.74) is 5.74. The van der Waals surface area contributed by atoms with Crippen LogP contribution in [0.25, 0.3) is 0 Å². The number of rotatable bonds is 4. The van der Waals surface area contributed by atoms with Crippen molar-refractivity contribution in [3.05, 3.63) is 101 Å². The highest BCUT2D eigenvalue weighted by molar-refractivity contribution is 5.95. The zero-order valence-corrected chi connectivity index (χ0v) is 17.2. The van der Waals surface area contributed by atoms with E-state index in [-0.39, 0.29) is 5.91 Å². The molecule has 3 nitrogen and oxygen atoms in total. The highest BCUT2D eigenvalue weighted by atomic mass is 16.1. The van der Waals surface area contributed by atoms with Gasteiger partial charge in [0.2, 0.25) is 0 Å². The molecule has 3 aromatic carbocycles. The molecule has 3 heteroatoms. The Hall–Kier alpha value is -3.07. The van der Waals surface area contributed by atoms with Crippen LogP contribution in [0.2, 0.25) is 0 Å². The Morgan fingerprint density at radius 1 is 0.900 bits per heavy atom. The smallest absolute Gasteiger partial charge is 0.251 e. The third-order valence-electron chi connectivity index (χ3n) is 6.73. The molecular weight excluding hydrogens is 368 g/mol. The minimum absolute atomic E-state index is 0.000745. The predicted octanol–water partition coefficient (Wildman–Crippen LogP) is 6.06. The van der Waals surface area contributed by atoms with Crippen molar-refractivity contribution in [1.29, 1.82) is 0 Å². The molecule has 0 spiro atoms. The Balaban J connectivity index is 1.40. The molecule has 3 unspecified atom stereocenters. The second kappa shape index (κ2) is 8.35. The summed E-state index contributed by atoms with van der Waals surface area (Å²) in [7, 11) is 0. The zero-order chi connectivity index (χ0) is 20.3. The summed E-state index contributed by atoms with van der Waals surface area (Å²) < 4.78 is 0. The van der Waals surface area contributed by atoms with Crippen LogP contribution in [0.5, 0.6) is 0 Å². The van der Waals surface area contributed by atoms with E-state index in [1.54, 1.807) is 0 Å². The van der Waals surface area contributed by atoms with E-state index in [1.165, 1.54) is 42.5 Å².